The van der Waals surface area contributed by atoms with Crippen LogP contribution in [0.3, 0.4) is 0 Å². The van der Waals surface area contributed by atoms with Crippen LogP contribution >= 0.6 is 0 Å². The van der Waals surface area contributed by atoms with E-state index in [1.54, 1.807) is 26.8 Å². The van der Waals surface area contributed by atoms with Gasteiger partial charge in [0.25, 0.3) is 5.91 Å². The van der Waals surface area contributed by atoms with Crippen molar-refractivity contribution in [3.05, 3.63) is 47.5 Å². The van der Waals surface area contributed by atoms with Crippen molar-refractivity contribution in [1.82, 2.24) is 21.3 Å². The summed E-state index contributed by atoms with van der Waals surface area (Å²) in [4.78, 5) is 37.8. The van der Waals surface area contributed by atoms with E-state index in [1.807, 2.05) is 50.2 Å². The molecule has 0 aliphatic rings. The number of benzene rings is 1. The van der Waals surface area contributed by atoms with Gasteiger partial charge in [0.1, 0.15) is 11.6 Å². The number of aliphatic hydroxyl groups is 1. The van der Waals surface area contributed by atoms with E-state index < -0.39 is 43.1 Å². The summed E-state index contributed by atoms with van der Waals surface area (Å²) in [6.07, 6.45) is 2.29. The van der Waals surface area contributed by atoms with Gasteiger partial charge in [-0.15, -0.1) is 0 Å². The third-order valence-corrected chi connectivity index (χ3v) is 6.39. The number of nitrogens with zero attached hydrogens (tertiary/aromatic N) is 1. The molecule has 0 saturated carbocycles. The van der Waals surface area contributed by atoms with E-state index >= 15 is 0 Å². The smallest absolute Gasteiger partial charge is 0.426 e. The molecule has 11 nitrogen and oxygen atoms in total. The van der Waals surface area contributed by atoms with Gasteiger partial charge in [0.2, 0.25) is 11.8 Å². The number of nitriles is 1. The molecule has 41 heavy (non-hydrogen) atoms. The number of allylic oxidation sites excluding steroid dienone is 1. The van der Waals surface area contributed by atoms with Crippen LogP contribution < -0.4 is 21.3 Å². The second kappa shape index (κ2) is 19.0. The molecule has 1 aromatic carbocycles. The SMILES string of the molecule is CC(C)C=C(C#N)C(=O)NCCCC[C@H](NC[C@H](NC(=O)C(C)C)[C@@H](C)O)C(=O)N[C@@H](Cc1ccccc1)B(O)O. The monoisotopic (exact) mass is 571 g/mol. The van der Waals surface area contributed by atoms with E-state index in [2.05, 4.69) is 21.3 Å². The first kappa shape index (κ1) is 35.8. The number of amides is 3. The average molecular weight is 572 g/mol. The van der Waals surface area contributed by atoms with Crippen LogP contribution in [-0.2, 0) is 20.8 Å². The van der Waals surface area contributed by atoms with Gasteiger partial charge in [0.05, 0.1) is 24.1 Å². The molecule has 0 heterocycles. The molecular weight excluding hydrogens is 525 g/mol. The van der Waals surface area contributed by atoms with Crippen molar-refractivity contribution in [2.45, 2.75) is 84.4 Å². The number of hydrogen-bond acceptors (Lipinski definition) is 8. The van der Waals surface area contributed by atoms with Crippen molar-refractivity contribution < 1.29 is 29.5 Å². The quantitative estimate of drug-likeness (QED) is 0.0578. The molecule has 0 radical (unpaired) electrons. The molecule has 0 aliphatic carbocycles. The topological polar surface area (TPSA) is 184 Å². The zero-order chi connectivity index (χ0) is 30.9. The molecule has 226 valence electrons. The van der Waals surface area contributed by atoms with Crippen LogP contribution in [-0.4, -0.2) is 77.2 Å². The number of unbranched alkanes of at least 4 members (excludes halogenated alkanes) is 1. The number of rotatable bonds is 18. The van der Waals surface area contributed by atoms with E-state index in [9.17, 15) is 34.8 Å². The highest BCUT2D eigenvalue weighted by atomic mass is 16.4. The van der Waals surface area contributed by atoms with Gasteiger partial charge in [-0.25, -0.2) is 0 Å². The van der Waals surface area contributed by atoms with Crippen LogP contribution in [0, 0.1) is 23.2 Å². The molecule has 4 atom stereocenters. The lowest BCUT2D eigenvalue weighted by atomic mass is 9.75. The fourth-order valence-electron chi connectivity index (χ4n) is 3.94. The van der Waals surface area contributed by atoms with Crippen molar-refractivity contribution in [2.24, 2.45) is 11.8 Å². The predicted molar refractivity (Wildman–Crippen MR) is 158 cm³/mol. The first-order valence-corrected chi connectivity index (χ1v) is 14.2. The third-order valence-electron chi connectivity index (χ3n) is 6.39. The summed E-state index contributed by atoms with van der Waals surface area (Å²) in [6, 6.07) is 9.60. The summed E-state index contributed by atoms with van der Waals surface area (Å²) in [5.74, 6) is -2.33. The third kappa shape index (κ3) is 14.3. The lowest BCUT2D eigenvalue weighted by Crippen LogP contribution is -2.57. The Bertz CT molecular complexity index is 1030. The van der Waals surface area contributed by atoms with E-state index in [0.717, 1.165) is 5.56 Å². The lowest BCUT2D eigenvalue weighted by molar-refractivity contribution is -0.125. The molecule has 3 amide bonds. The van der Waals surface area contributed by atoms with Crippen molar-refractivity contribution in [1.29, 1.82) is 5.26 Å². The van der Waals surface area contributed by atoms with E-state index in [0.29, 0.717) is 25.8 Å². The number of carbonyl (C=O) groups is 3. The Labute approximate surface area is 243 Å². The van der Waals surface area contributed by atoms with Gasteiger partial charge in [-0.05, 0) is 44.1 Å². The van der Waals surface area contributed by atoms with Crippen molar-refractivity contribution in [2.75, 3.05) is 13.1 Å². The van der Waals surface area contributed by atoms with Crippen LogP contribution in [0.1, 0.15) is 59.4 Å². The van der Waals surface area contributed by atoms with Gasteiger partial charge in [-0.2, -0.15) is 5.26 Å². The molecule has 7 N–H and O–H groups in total. The van der Waals surface area contributed by atoms with Gasteiger partial charge in [-0.1, -0.05) is 64.1 Å². The molecule has 0 aromatic heterocycles. The highest BCUT2D eigenvalue weighted by Crippen LogP contribution is 2.08. The largest absolute Gasteiger partial charge is 0.475 e. The minimum Gasteiger partial charge on any atom is -0.426 e. The molecule has 0 aliphatic heterocycles. The molecule has 1 aromatic rings. The van der Waals surface area contributed by atoms with E-state index in [1.165, 1.54) is 0 Å². The van der Waals surface area contributed by atoms with Crippen LogP contribution in [0.4, 0.5) is 0 Å². The number of nitrogens with one attached hydrogen (secondary N) is 4. The molecule has 0 spiro atoms. The maximum atomic E-state index is 13.3. The number of aliphatic hydroxyl groups excluding tert-OH is 1. The predicted octanol–water partition coefficient (Wildman–Crippen LogP) is 0.598. The normalized spacial score (nSPS) is 14.5. The van der Waals surface area contributed by atoms with Gasteiger partial charge < -0.3 is 36.4 Å². The summed E-state index contributed by atoms with van der Waals surface area (Å²) in [7, 11) is -1.79. The lowest BCUT2D eigenvalue weighted by Gasteiger charge is -2.27. The van der Waals surface area contributed by atoms with Crippen LogP contribution in [0.2, 0.25) is 0 Å². The summed E-state index contributed by atoms with van der Waals surface area (Å²) in [5, 5.41) is 50.6. The number of carbonyl (C=O) groups excluding carboxylic acids is 3. The van der Waals surface area contributed by atoms with Crippen molar-refractivity contribution >= 4 is 24.8 Å². The minimum atomic E-state index is -1.79. The van der Waals surface area contributed by atoms with Crippen LogP contribution in [0.25, 0.3) is 0 Å². The van der Waals surface area contributed by atoms with Crippen molar-refractivity contribution in [3.63, 3.8) is 0 Å². The van der Waals surface area contributed by atoms with E-state index in [-0.39, 0.29) is 36.3 Å². The molecule has 1 rings (SSSR count). The summed E-state index contributed by atoms with van der Waals surface area (Å²) < 4.78 is 0. The molecular formula is C29H46BN5O6. The molecule has 0 fully saturated rings. The zero-order valence-electron chi connectivity index (χ0n) is 24.8. The minimum absolute atomic E-state index is 0.0542. The Balaban J connectivity index is 2.89. The maximum Gasteiger partial charge on any atom is 0.475 e. The highest BCUT2D eigenvalue weighted by molar-refractivity contribution is 6.43. The van der Waals surface area contributed by atoms with Crippen LogP contribution in [0.15, 0.2) is 42.0 Å². The Hall–Kier alpha value is -3.24. The molecule has 0 bridgehead atoms. The summed E-state index contributed by atoms with van der Waals surface area (Å²) in [6.45, 7) is 9.17. The molecule has 0 saturated heterocycles. The zero-order valence-corrected chi connectivity index (χ0v) is 24.8. The maximum absolute atomic E-state index is 13.3. The van der Waals surface area contributed by atoms with Gasteiger partial charge in [0.15, 0.2) is 0 Å². The summed E-state index contributed by atoms with van der Waals surface area (Å²) >= 11 is 0. The fraction of sp³-hybridized carbons (Fsp3) is 0.586. The molecule has 0 unspecified atom stereocenters. The van der Waals surface area contributed by atoms with Gasteiger partial charge in [-0.3, -0.25) is 14.4 Å². The van der Waals surface area contributed by atoms with Crippen LogP contribution in [0.5, 0.6) is 0 Å². The first-order chi connectivity index (χ1) is 19.3. The number of hydrogen-bond donors (Lipinski definition) is 7. The fourth-order valence-corrected chi connectivity index (χ4v) is 3.94. The Morgan fingerprint density at radius 2 is 1.66 bits per heavy atom. The first-order valence-electron chi connectivity index (χ1n) is 14.2. The standard InChI is InChI=1S/C29H46BN5O6/c1-19(2)15-23(17-31)28(38)32-14-10-9-13-24(33-18-25(21(5)36)34-27(37)20(3)4)29(39)35-26(30(40)41)16-22-11-7-6-8-12-22/h6-8,11-12,15,19-21,24-26,33,36,40-41H,9-10,13-14,16,18H2,1-5H3,(H,32,38)(H,34,37)(H,35,39)/t21-,24+,25+,26+/m1/s1. The summed E-state index contributed by atoms with van der Waals surface area (Å²) in [5.41, 5.74) is 0.874. The molecule has 12 heteroatoms. The van der Waals surface area contributed by atoms with Gasteiger partial charge >= 0.3 is 7.12 Å². The Morgan fingerprint density at radius 1 is 1.00 bits per heavy atom. The highest BCUT2D eigenvalue weighted by Gasteiger charge is 2.29. The average Bonchev–Trinajstić information content (AvgIpc) is 2.91. The van der Waals surface area contributed by atoms with E-state index in [4.69, 9.17) is 0 Å². The second-order valence-corrected chi connectivity index (χ2v) is 10.9. The Kier molecular flexibility index (Phi) is 16.6. The second-order valence-electron chi connectivity index (χ2n) is 10.9. The van der Waals surface area contributed by atoms with Gasteiger partial charge in [0, 0.05) is 19.0 Å². The van der Waals surface area contributed by atoms with Crippen molar-refractivity contribution in [3.8, 4) is 6.07 Å². The Morgan fingerprint density at radius 3 is 2.20 bits per heavy atom.